The molecule has 4 nitrogen and oxygen atoms in total. The van der Waals surface area contributed by atoms with E-state index in [1.165, 1.54) is 4.90 Å². The first kappa shape index (κ1) is 13.3. The van der Waals surface area contributed by atoms with Crippen molar-refractivity contribution in [2.24, 2.45) is 7.05 Å². The summed E-state index contributed by atoms with van der Waals surface area (Å²) in [5.41, 5.74) is 1.88. The predicted octanol–water partition coefficient (Wildman–Crippen LogP) is 2.72. The highest BCUT2D eigenvalue weighted by Crippen LogP contribution is 2.25. The number of likely N-dealkylation sites (N-methyl/N-ethyl adjacent to an activating group) is 1. The number of ether oxygens (including phenoxy) is 1. The Morgan fingerprint density at radius 3 is 2.55 bits per heavy atom. The maximum absolute atomic E-state index is 7.96. The van der Waals surface area contributed by atoms with Crippen LogP contribution in [0, 0.1) is 0 Å². The Morgan fingerprint density at radius 1 is 1.30 bits per heavy atom. The van der Waals surface area contributed by atoms with Crippen LogP contribution < -0.4 is 0 Å². The highest BCUT2D eigenvalue weighted by atomic mass is 16.5. The van der Waals surface area contributed by atoms with Gasteiger partial charge in [0.25, 0.3) is 0 Å². The average Bonchev–Trinajstić information content (AvgIpc) is 2.86. The second kappa shape index (κ2) is 7.82. The first-order valence-corrected chi connectivity index (χ1v) is 6.24. The van der Waals surface area contributed by atoms with E-state index in [-0.39, 0.29) is 20.1 Å². The van der Waals surface area contributed by atoms with Gasteiger partial charge in [-0.15, -0.1) is 0 Å². The van der Waals surface area contributed by atoms with Crippen molar-refractivity contribution in [3.05, 3.63) is 53.9 Å². The molecule has 20 heavy (non-hydrogen) atoms. The van der Waals surface area contributed by atoms with Gasteiger partial charge in [0.15, 0.2) is 0 Å². The summed E-state index contributed by atoms with van der Waals surface area (Å²) < 4.78 is 23.6. The Labute approximate surface area is 124 Å². The largest absolute Gasteiger partial charge is 0.366 e. The molecule has 0 saturated heterocycles. The van der Waals surface area contributed by atoms with Crippen LogP contribution in [0.4, 0.5) is 0 Å². The molecule has 0 N–H and O–H groups in total. The number of nitrogens with zero attached hydrogens (tertiary/aromatic N) is 3. The van der Waals surface area contributed by atoms with Crippen LogP contribution in [0.1, 0.15) is 27.5 Å². The van der Waals surface area contributed by atoms with Gasteiger partial charge in [0.2, 0.25) is 0 Å². The molecule has 2 rings (SSSR count). The topological polar surface area (TPSA) is 30.3 Å². The molecule has 0 spiro atoms. The molecule has 2 aromatic rings. The van der Waals surface area contributed by atoms with Crippen molar-refractivity contribution < 1.29 is 7.48 Å². The van der Waals surface area contributed by atoms with Gasteiger partial charge in [-0.3, -0.25) is 4.68 Å². The lowest BCUT2D eigenvalue weighted by Crippen LogP contribution is -2.20. The minimum atomic E-state index is -1.52. The normalized spacial score (nSPS) is 14.4. The molecule has 0 aliphatic heterocycles. The van der Waals surface area contributed by atoms with Gasteiger partial charge in [0.05, 0.1) is 12.3 Å². The lowest BCUT2D eigenvalue weighted by molar-refractivity contribution is 0.0638. The first-order valence-electron chi connectivity index (χ1n) is 7.24. The number of hydrogen-bond acceptors (Lipinski definition) is 3. The SMILES string of the molecule is C.[2H]C([2H])(COC(c1ccccc1)c1ccnn1C)N(C)C. The van der Waals surface area contributed by atoms with Crippen LogP contribution in [0.25, 0.3) is 0 Å². The molecule has 4 heteroatoms. The van der Waals surface area contributed by atoms with E-state index < -0.39 is 6.50 Å². The van der Waals surface area contributed by atoms with Gasteiger partial charge in [0.1, 0.15) is 6.10 Å². The summed E-state index contributed by atoms with van der Waals surface area (Å²) >= 11 is 0. The van der Waals surface area contributed by atoms with Crippen LogP contribution in [0.15, 0.2) is 42.6 Å². The van der Waals surface area contributed by atoms with Crippen LogP contribution in [0.3, 0.4) is 0 Å². The van der Waals surface area contributed by atoms with Crippen LogP contribution in [-0.4, -0.2) is 41.9 Å². The zero-order valence-electron chi connectivity index (χ0n) is 13.6. The van der Waals surface area contributed by atoms with E-state index in [9.17, 15) is 0 Å². The van der Waals surface area contributed by atoms with E-state index in [0.29, 0.717) is 0 Å². The minimum Gasteiger partial charge on any atom is -0.366 e. The lowest BCUT2D eigenvalue weighted by Gasteiger charge is -2.20. The van der Waals surface area contributed by atoms with Crippen molar-refractivity contribution >= 4 is 0 Å². The van der Waals surface area contributed by atoms with E-state index in [0.717, 1.165) is 11.3 Å². The summed E-state index contributed by atoms with van der Waals surface area (Å²) in [6, 6.07) is 11.7. The fourth-order valence-corrected chi connectivity index (χ4v) is 1.87. The summed E-state index contributed by atoms with van der Waals surface area (Å²) in [6.07, 6.45) is 1.38. The molecule has 1 unspecified atom stereocenters. The summed E-state index contributed by atoms with van der Waals surface area (Å²) in [5, 5.41) is 4.18. The zero-order chi connectivity index (χ0) is 15.5. The molecule has 0 bridgehead atoms. The Bertz CT molecular complexity index is 570. The van der Waals surface area contributed by atoms with Gasteiger partial charge in [-0.1, -0.05) is 37.8 Å². The van der Waals surface area contributed by atoms with Crippen molar-refractivity contribution in [2.75, 3.05) is 27.2 Å². The summed E-state index contributed by atoms with van der Waals surface area (Å²) in [4.78, 5) is 1.51. The van der Waals surface area contributed by atoms with Gasteiger partial charge in [0, 0.05) is 22.5 Å². The Balaban J connectivity index is 0.00000242. The molecule has 0 saturated carbocycles. The minimum absolute atomic E-state index is 0. The third-order valence-electron chi connectivity index (χ3n) is 2.86. The smallest absolute Gasteiger partial charge is 0.124 e. The summed E-state index contributed by atoms with van der Waals surface area (Å²) in [7, 11) is 5.26. The fraction of sp³-hybridized carbons (Fsp3) is 0.438. The molecule has 1 atom stereocenters. The van der Waals surface area contributed by atoms with Crippen LogP contribution in [0.2, 0.25) is 0 Å². The number of aromatic nitrogens is 2. The molecule has 0 fully saturated rings. The van der Waals surface area contributed by atoms with E-state index in [1.54, 1.807) is 25.0 Å². The van der Waals surface area contributed by atoms with Gasteiger partial charge in [-0.05, 0) is 25.7 Å². The standard InChI is InChI=1S/C15H21N3O.CH4/c1-17(2)11-12-19-15(13-7-5-4-6-8-13)14-9-10-16-18(14)3;/h4-10,15H,11-12H2,1-3H3;1H4/i11D2;. The molecule has 1 heterocycles. The predicted molar refractivity (Wildman–Crippen MR) is 82.7 cm³/mol. The Morgan fingerprint density at radius 2 is 2.00 bits per heavy atom. The van der Waals surface area contributed by atoms with Crippen molar-refractivity contribution in [2.45, 2.75) is 13.5 Å². The molecule has 0 aliphatic carbocycles. The fourth-order valence-electron chi connectivity index (χ4n) is 1.87. The van der Waals surface area contributed by atoms with Crippen LogP contribution in [-0.2, 0) is 11.8 Å². The van der Waals surface area contributed by atoms with Gasteiger partial charge in [-0.2, -0.15) is 5.10 Å². The number of aryl methyl sites for hydroxylation is 1. The molecular formula is C16H25N3O. The van der Waals surface area contributed by atoms with Crippen molar-refractivity contribution in [3.63, 3.8) is 0 Å². The molecule has 0 aliphatic rings. The molecule has 0 amide bonds. The zero-order valence-corrected chi connectivity index (χ0v) is 11.6. The Hall–Kier alpha value is -1.65. The second-order valence-electron chi connectivity index (χ2n) is 4.53. The molecular weight excluding hydrogens is 250 g/mol. The van der Waals surface area contributed by atoms with Gasteiger partial charge in [-0.25, -0.2) is 0 Å². The maximum Gasteiger partial charge on any atom is 0.124 e. The van der Waals surface area contributed by atoms with Crippen LogP contribution >= 0.6 is 0 Å². The van der Waals surface area contributed by atoms with E-state index in [2.05, 4.69) is 5.10 Å². The van der Waals surface area contributed by atoms with Gasteiger partial charge < -0.3 is 9.64 Å². The highest BCUT2D eigenvalue weighted by molar-refractivity contribution is 5.25. The second-order valence-corrected chi connectivity index (χ2v) is 4.53. The number of rotatable bonds is 6. The lowest BCUT2D eigenvalue weighted by atomic mass is 10.1. The van der Waals surface area contributed by atoms with Crippen LogP contribution in [0.5, 0.6) is 0 Å². The molecule has 0 radical (unpaired) electrons. The van der Waals surface area contributed by atoms with Crippen molar-refractivity contribution in [1.82, 2.24) is 14.7 Å². The van der Waals surface area contributed by atoms with E-state index in [1.807, 2.05) is 43.4 Å². The molecule has 110 valence electrons. The summed E-state index contributed by atoms with van der Waals surface area (Å²) in [5.74, 6) is 0. The van der Waals surface area contributed by atoms with E-state index in [4.69, 9.17) is 7.48 Å². The Kier molecular flexibility index (Phi) is 5.22. The molecule has 1 aromatic heterocycles. The first-order chi connectivity index (χ1) is 9.92. The van der Waals surface area contributed by atoms with E-state index >= 15 is 0 Å². The average molecular weight is 277 g/mol. The number of hydrogen-bond donors (Lipinski definition) is 0. The highest BCUT2D eigenvalue weighted by Gasteiger charge is 2.17. The monoisotopic (exact) mass is 277 g/mol. The van der Waals surface area contributed by atoms with Crippen molar-refractivity contribution in [3.8, 4) is 0 Å². The summed E-state index contributed by atoms with van der Waals surface area (Å²) in [6.45, 7) is -1.55. The van der Waals surface area contributed by atoms with Gasteiger partial charge >= 0.3 is 0 Å². The molecule has 1 aromatic carbocycles. The van der Waals surface area contributed by atoms with Crippen molar-refractivity contribution in [1.29, 1.82) is 0 Å². The maximum atomic E-state index is 7.96. The third kappa shape index (κ3) is 4.18. The third-order valence-corrected chi connectivity index (χ3v) is 2.86. The number of benzene rings is 1. The quantitative estimate of drug-likeness (QED) is 0.813.